The van der Waals surface area contributed by atoms with Gasteiger partial charge in [-0.1, -0.05) is 51.1 Å². The van der Waals surface area contributed by atoms with Crippen molar-refractivity contribution in [2.24, 2.45) is 16.1 Å². The van der Waals surface area contributed by atoms with Crippen LogP contribution >= 0.6 is 0 Å². The Labute approximate surface area is 101 Å². The summed E-state index contributed by atoms with van der Waals surface area (Å²) in [6.07, 6.45) is -0.652. The number of hydrogen-bond acceptors (Lipinski definition) is 2. The number of nitrogens with two attached hydrogens (primary N) is 1. The number of aliphatic imine (C=N–C) groups is 1. The molecule has 1 rings (SSSR count). The molecule has 0 fully saturated rings. The first-order chi connectivity index (χ1) is 7.88. The summed E-state index contributed by atoms with van der Waals surface area (Å²) in [6.45, 7) is 6.25. The van der Waals surface area contributed by atoms with E-state index in [9.17, 15) is 4.79 Å². The van der Waals surface area contributed by atoms with E-state index in [1.54, 1.807) is 12.1 Å². The van der Waals surface area contributed by atoms with Crippen molar-refractivity contribution in [2.45, 2.75) is 20.8 Å². The van der Waals surface area contributed by atoms with E-state index in [0.29, 0.717) is 12.2 Å². The van der Waals surface area contributed by atoms with Gasteiger partial charge in [-0.05, 0) is 5.41 Å². The van der Waals surface area contributed by atoms with Crippen LogP contribution < -0.4 is 5.73 Å². The van der Waals surface area contributed by atoms with E-state index in [1.807, 2.05) is 39.0 Å². The summed E-state index contributed by atoms with van der Waals surface area (Å²) >= 11 is 0. The van der Waals surface area contributed by atoms with Crippen LogP contribution in [-0.4, -0.2) is 18.5 Å². The molecule has 0 saturated carbocycles. The Kier molecular flexibility index (Phi) is 4.26. The van der Waals surface area contributed by atoms with Crippen molar-refractivity contribution < 1.29 is 9.53 Å². The molecule has 0 aromatic heterocycles. The maximum atomic E-state index is 11.4. The standard InChI is InChI=1S/C13H18N2O2/c1-13(2,3)9-17-12(16)15-11(14)10-7-5-4-6-8-10/h4-8H,9H2,1-3H3,(H2,14,15,16). The lowest BCUT2D eigenvalue weighted by Crippen LogP contribution is -2.20. The summed E-state index contributed by atoms with van der Waals surface area (Å²) in [7, 11) is 0. The zero-order chi connectivity index (χ0) is 12.9. The molecule has 0 radical (unpaired) electrons. The average molecular weight is 234 g/mol. The molecule has 17 heavy (non-hydrogen) atoms. The van der Waals surface area contributed by atoms with Gasteiger partial charge < -0.3 is 10.5 Å². The summed E-state index contributed by atoms with van der Waals surface area (Å²) < 4.78 is 4.99. The van der Waals surface area contributed by atoms with Gasteiger partial charge in [-0.25, -0.2) is 4.79 Å². The predicted octanol–water partition coefficient (Wildman–Crippen LogP) is 2.57. The highest BCUT2D eigenvalue weighted by Crippen LogP contribution is 2.13. The maximum Gasteiger partial charge on any atom is 0.435 e. The lowest BCUT2D eigenvalue weighted by atomic mass is 9.99. The smallest absolute Gasteiger partial charge is 0.435 e. The second-order valence-corrected chi connectivity index (χ2v) is 4.98. The third-order valence-corrected chi connectivity index (χ3v) is 1.91. The molecule has 1 amide bonds. The summed E-state index contributed by atoms with van der Waals surface area (Å²) in [5, 5.41) is 0. The van der Waals surface area contributed by atoms with Gasteiger partial charge in [0, 0.05) is 5.56 Å². The van der Waals surface area contributed by atoms with E-state index in [4.69, 9.17) is 10.5 Å². The third kappa shape index (κ3) is 5.15. The van der Waals surface area contributed by atoms with E-state index < -0.39 is 6.09 Å². The zero-order valence-corrected chi connectivity index (χ0v) is 10.4. The van der Waals surface area contributed by atoms with Crippen LogP contribution in [0, 0.1) is 5.41 Å². The minimum atomic E-state index is -0.652. The molecule has 0 aliphatic carbocycles. The molecule has 0 atom stereocenters. The van der Waals surface area contributed by atoms with Crippen LogP contribution in [0.3, 0.4) is 0 Å². The van der Waals surface area contributed by atoms with E-state index in [-0.39, 0.29) is 11.3 Å². The van der Waals surface area contributed by atoms with Crippen molar-refractivity contribution >= 4 is 11.9 Å². The van der Waals surface area contributed by atoms with E-state index in [1.165, 1.54) is 0 Å². The van der Waals surface area contributed by atoms with Gasteiger partial charge in [-0.2, -0.15) is 4.99 Å². The van der Waals surface area contributed by atoms with Crippen LogP contribution in [0.15, 0.2) is 35.3 Å². The first-order valence-corrected chi connectivity index (χ1v) is 5.45. The molecule has 0 heterocycles. The van der Waals surface area contributed by atoms with E-state index in [0.717, 1.165) is 0 Å². The number of carbonyl (C=O) groups excluding carboxylic acids is 1. The number of amides is 1. The molecule has 0 aliphatic heterocycles. The summed E-state index contributed by atoms with van der Waals surface area (Å²) in [6, 6.07) is 9.11. The Hall–Kier alpha value is -1.84. The molecular formula is C13H18N2O2. The first kappa shape index (κ1) is 13.2. The van der Waals surface area contributed by atoms with Crippen molar-refractivity contribution in [3.63, 3.8) is 0 Å². The molecular weight excluding hydrogens is 216 g/mol. The van der Waals surface area contributed by atoms with Crippen LogP contribution in [0.25, 0.3) is 0 Å². The van der Waals surface area contributed by atoms with Crippen molar-refractivity contribution in [2.75, 3.05) is 6.61 Å². The van der Waals surface area contributed by atoms with Crippen LogP contribution in [0.2, 0.25) is 0 Å². The van der Waals surface area contributed by atoms with Gasteiger partial charge in [-0.15, -0.1) is 0 Å². The Morgan fingerprint density at radius 1 is 1.29 bits per heavy atom. The van der Waals surface area contributed by atoms with E-state index >= 15 is 0 Å². The maximum absolute atomic E-state index is 11.4. The molecule has 1 aromatic rings. The Balaban J connectivity index is 2.61. The van der Waals surface area contributed by atoms with Gasteiger partial charge in [0.2, 0.25) is 0 Å². The van der Waals surface area contributed by atoms with Gasteiger partial charge in [0.1, 0.15) is 5.84 Å². The number of amidine groups is 1. The van der Waals surface area contributed by atoms with Gasteiger partial charge in [0.15, 0.2) is 0 Å². The number of benzene rings is 1. The first-order valence-electron chi connectivity index (χ1n) is 5.45. The second kappa shape index (κ2) is 5.48. The third-order valence-electron chi connectivity index (χ3n) is 1.91. The SMILES string of the molecule is CC(C)(C)COC(=O)N=C(N)c1ccccc1. The minimum absolute atomic E-state index is 0.0767. The molecule has 0 saturated heterocycles. The van der Waals surface area contributed by atoms with Crippen LogP contribution in [-0.2, 0) is 4.74 Å². The monoisotopic (exact) mass is 234 g/mol. The highest BCUT2D eigenvalue weighted by Gasteiger charge is 2.13. The molecule has 0 unspecified atom stereocenters. The number of ether oxygens (including phenoxy) is 1. The highest BCUT2D eigenvalue weighted by atomic mass is 16.5. The zero-order valence-electron chi connectivity index (χ0n) is 10.4. The molecule has 0 aliphatic rings. The number of hydrogen-bond donors (Lipinski definition) is 1. The number of carbonyl (C=O) groups is 1. The lowest BCUT2D eigenvalue weighted by molar-refractivity contribution is 0.115. The molecule has 0 bridgehead atoms. The van der Waals surface area contributed by atoms with Crippen molar-refractivity contribution in [3.05, 3.63) is 35.9 Å². The van der Waals surface area contributed by atoms with Crippen molar-refractivity contribution in [1.29, 1.82) is 0 Å². The van der Waals surface area contributed by atoms with Crippen LogP contribution in [0.4, 0.5) is 4.79 Å². The summed E-state index contributed by atoms with van der Waals surface area (Å²) in [4.78, 5) is 15.1. The van der Waals surface area contributed by atoms with E-state index in [2.05, 4.69) is 4.99 Å². The number of rotatable bonds is 2. The normalized spacial score (nSPS) is 12.3. The Morgan fingerprint density at radius 2 is 1.88 bits per heavy atom. The second-order valence-electron chi connectivity index (χ2n) is 4.98. The molecule has 2 N–H and O–H groups in total. The highest BCUT2D eigenvalue weighted by molar-refractivity contribution is 6.02. The van der Waals surface area contributed by atoms with Crippen molar-refractivity contribution in [3.8, 4) is 0 Å². The fourth-order valence-electron chi connectivity index (χ4n) is 1.08. The quantitative estimate of drug-likeness (QED) is 0.631. The molecule has 0 spiro atoms. The summed E-state index contributed by atoms with van der Waals surface area (Å²) in [5.74, 6) is 0.171. The topological polar surface area (TPSA) is 64.7 Å². The van der Waals surface area contributed by atoms with Gasteiger partial charge >= 0.3 is 6.09 Å². The van der Waals surface area contributed by atoms with Crippen LogP contribution in [0.1, 0.15) is 26.3 Å². The molecule has 92 valence electrons. The summed E-state index contributed by atoms with van der Waals surface area (Å²) in [5.41, 5.74) is 6.32. The number of nitrogens with zero attached hydrogens (tertiary/aromatic N) is 1. The predicted molar refractivity (Wildman–Crippen MR) is 68.0 cm³/mol. The Morgan fingerprint density at radius 3 is 2.41 bits per heavy atom. The molecule has 1 aromatic carbocycles. The van der Waals surface area contributed by atoms with Gasteiger partial charge in [0.05, 0.1) is 6.61 Å². The lowest BCUT2D eigenvalue weighted by Gasteiger charge is -2.16. The van der Waals surface area contributed by atoms with Crippen LogP contribution in [0.5, 0.6) is 0 Å². The van der Waals surface area contributed by atoms with Gasteiger partial charge in [-0.3, -0.25) is 0 Å². The average Bonchev–Trinajstić information content (AvgIpc) is 2.27. The fourth-order valence-corrected chi connectivity index (χ4v) is 1.08. The van der Waals surface area contributed by atoms with Crippen molar-refractivity contribution in [1.82, 2.24) is 0 Å². The largest absolute Gasteiger partial charge is 0.447 e. The molecule has 4 nitrogen and oxygen atoms in total. The van der Waals surface area contributed by atoms with Gasteiger partial charge in [0.25, 0.3) is 0 Å². The minimum Gasteiger partial charge on any atom is -0.447 e. The fraction of sp³-hybridized carbons (Fsp3) is 0.385. The molecule has 4 heteroatoms. The Bertz CT molecular complexity index is 405.